The molecular weight excluding hydrogens is 159 g/mol. The van der Waals surface area contributed by atoms with Crippen LogP contribution in [0.1, 0.15) is 13.8 Å². The molecule has 0 heterocycles. The van der Waals surface area contributed by atoms with Gasteiger partial charge in [0.15, 0.2) is 0 Å². The van der Waals surface area contributed by atoms with Gasteiger partial charge in [-0.15, -0.1) is 0 Å². The van der Waals surface area contributed by atoms with Gasteiger partial charge in [0, 0.05) is 10.2 Å². The van der Waals surface area contributed by atoms with Crippen LogP contribution < -0.4 is 0 Å². The number of hydrogen-bond acceptors (Lipinski definition) is 0. The SMILES string of the molecule is CC(C)C([SiH3])=C(Cl)Cl. The predicted molar refractivity (Wildman–Crippen MR) is 43.5 cm³/mol. The summed E-state index contributed by atoms with van der Waals surface area (Å²) >= 11 is 11.0. The van der Waals surface area contributed by atoms with Crippen LogP contribution in [0.15, 0.2) is 9.69 Å². The highest BCUT2D eigenvalue weighted by Crippen LogP contribution is 2.17. The second-order valence-electron chi connectivity index (χ2n) is 2.10. The third-order valence-electron chi connectivity index (χ3n) is 1.16. The van der Waals surface area contributed by atoms with Gasteiger partial charge in [-0.3, -0.25) is 0 Å². The first-order valence-corrected chi connectivity index (χ1v) is 4.33. The van der Waals surface area contributed by atoms with Gasteiger partial charge in [0.2, 0.25) is 0 Å². The molecule has 0 aliphatic heterocycles. The summed E-state index contributed by atoms with van der Waals surface area (Å²) < 4.78 is 0.465. The molecule has 0 radical (unpaired) electrons. The van der Waals surface area contributed by atoms with E-state index >= 15 is 0 Å². The molecule has 0 aliphatic carbocycles. The molecule has 3 heteroatoms. The van der Waals surface area contributed by atoms with Gasteiger partial charge >= 0.3 is 0 Å². The quantitative estimate of drug-likeness (QED) is 0.523. The summed E-state index contributed by atoms with van der Waals surface area (Å²) in [5, 5.41) is 1.19. The monoisotopic (exact) mass is 168 g/mol. The van der Waals surface area contributed by atoms with Gasteiger partial charge in [0.25, 0.3) is 0 Å². The van der Waals surface area contributed by atoms with E-state index in [-0.39, 0.29) is 0 Å². The lowest BCUT2D eigenvalue weighted by atomic mass is 10.2. The average Bonchev–Trinajstić information content (AvgIpc) is 1.64. The normalized spacial score (nSPS) is 10.1. The maximum Gasteiger partial charge on any atom is 0.101 e. The van der Waals surface area contributed by atoms with Gasteiger partial charge in [-0.2, -0.15) is 0 Å². The Bertz CT molecular complexity index is 103. The Kier molecular flexibility index (Phi) is 3.78. The summed E-state index contributed by atoms with van der Waals surface area (Å²) in [7, 11) is 0.974. The number of rotatable bonds is 1. The summed E-state index contributed by atoms with van der Waals surface area (Å²) in [4.78, 5) is 0. The molecule has 0 nitrogen and oxygen atoms in total. The van der Waals surface area contributed by atoms with E-state index in [0.29, 0.717) is 10.4 Å². The van der Waals surface area contributed by atoms with Crippen LogP contribution in [0.5, 0.6) is 0 Å². The minimum atomic E-state index is 0.465. The highest BCUT2D eigenvalue weighted by molar-refractivity contribution is 6.58. The lowest BCUT2D eigenvalue weighted by Crippen LogP contribution is -1.92. The lowest BCUT2D eigenvalue weighted by Gasteiger charge is -2.02. The Labute approximate surface area is 63.3 Å². The van der Waals surface area contributed by atoms with E-state index in [1.54, 1.807) is 0 Å². The zero-order valence-electron chi connectivity index (χ0n) is 5.33. The van der Waals surface area contributed by atoms with Gasteiger partial charge in [-0.25, -0.2) is 0 Å². The van der Waals surface area contributed by atoms with E-state index in [0.717, 1.165) is 10.2 Å². The maximum atomic E-state index is 5.50. The van der Waals surface area contributed by atoms with Crippen LogP contribution in [0.25, 0.3) is 0 Å². The zero-order chi connectivity index (χ0) is 6.73. The first kappa shape index (κ1) is 8.54. The molecule has 0 unspecified atom stereocenters. The molecule has 0 saturated carbocycles. The molecule has 0 amide bonds. The fraction of sp³-hybridized carbons (Fsp3) is 0.600. The smallest absolute Gasteiger partial charge is 0.0714 e. The topological polar surface area (TPSA) is 0 Å². The predicted octanol–water partition coefficient (Wildman–Crippen LogP) is 1.65. The van der Waals surface area contributed by atoms with E-state index < -0.39 is 0 Å². The molecule has 0 aliphatic rings. The Morgan fingerprint density at radius 3 is 1.75 bits per heavy atom. The minimum Gasteiger partial charge on any atom is -0.0714 e. The average molecular weight is 169 g/mol. The molecule has 0 saturated heterocycles. The van der Waals surface area contributed by atoms with Crippen LogP contribution in [-0.2, 0) is 0 Å². The molecule has 0 aromatic heterocycles. The standard InChI is InChI=1S/C5H10Cl2Si/c1-3(2)4(8)5(6)7/h3H,1-2,8H3. The van der Waals surface area contributed by atoms with E-state index in [4.69, 9.17) is 23.2 Å². The van der Waals surface area contributed by atoms with Crippen LogP contribution in [0.2, 0.25) is 0 Å². The van der Waals surface area contributed by atoms with Crippen LogP contribution in [0.4, 0.5) is 0 Å². The molecule has 0 fully saturated rings. The zero-order valence-corrected chi connectivity index (χ0v) is 8.85. The third-order valence-corrected chi connectivity index (χ3v) is 4.05. The first-order chi connectivity index (χ1) is 3.55. The van der Waals surface area contributed by atoms with Gasteiger partial charge in [-0.1, -0.05) is 42.2 Å². The second-order valence-corrected chi connectivity index (χ2v) is 4.12. The molecule has 0 bridgehead atoms. The van der Waals surface area contributed by atoms with Crippen molar-refractivity contribution in [3.05, 3.63) is 9.69 Å². The Morgan fingerprint density at radius 2 is 1.75 bits per heavy atom. The molecule has 0 rings (SSSR count). The van der Waals surface area contributed by atoms with Gasteiger partial charge in [0.05, 0.1) is 0 Å². The van der Waals surface area contributed by atoms with Crippen molar-refractivity contribution >= 4 is 33.4 Å². The summed E-state index contributed by atoms with van der Waals surface area (Å²) in [6, 6.07) is 0. The van der Waals surface area contributed by atoms with E-state index in [2.05, 4.69) is 13.8 Å². The van der Waals surface area contributed by atoms with E-state index in [9.17, 15) is 0 Å². The molecule has 8 heavy (non-hydrogen) atoms. The Hall–Kier alpha value is 0.537. The van der Waals surface area contributed by atoms with Crippen molar-refractivity contribution in [2.45, 2.75) is 13.8 Å². The lowest BCUT2D eigenvalue weighted by molar-refractivity contribution is 0.813. The Balaban J connectivity index is 4.00. The van der Waals surface area contributed by atoms with Crippen molar-refractivity contribution in [1.29, 1.82) is 0 Å². The molecule has 0 atom stereocenters. The first-order valence-electron chi connectivity index (χ1n) is 2.57. The van der Waals surface area contributed by atoms with Crippen LogP contribution in [0, 0.1) is 5.92 Å². The fourth-order valence-corrected chi connectivity index (χ4v) is 0.655. The van der Waals surface area contributed by atoms with Crippen LogP contribution >= 0.6 is 23.2 Å². The van der Waals surface area contributed by atoms with Gasteiger partial charge < -0.3 is 0 Å². The van der Waals surface area contributed by atoms with E-state index in [1.165, 1.54) is 5.20 Å². The molecule has 48 valence electrons. The van der Waals surface area contributed by atoms with Crippen molar-refractivity contribution in [1.82, 2.24) is 0 Å². The van der Waals surface area contributed by atoms with Gasteiger partial charge in [-0.05, 0) is 5.92 Å². The Morgan fingerprint density at radius 1 is 1.38 bits per heavy atom. The molecule has 0 N–H and O–H groups in total. The number of halogens is 2. The highest BCUT2D eigenvalue weighted by atomic mass is 35.5. The fourth-order valence-electron chi connectivity index (χ4n) is 0.218. The van der Waals surface area contributed by atoms with Crippen LogP contribution in [-0.4, -0.2) is 10.2 Å². The third kappa shape index (κ3) is 2.75. The van der Waals surface area contributed by atoms with Crippen molar-refractivity contribution in [2.24, 2.45) is 5.92 Å². The molecule has 0 aromatic rings. The highest BCUT2D eigenvalue weighted by Gasteiger charge is 1.98. The largest absolute Gasteiger partial charge is 0.101 e. The van der Waals surface area contributed by atoms with Crippen LogP contribution in [0.3, 0.4) is 0 Å². The second kappa shape index (κ2) is 3.54. The van der Waals surface area contributed by atoms with E-state index in [1.807, 2.05) is 0 Å². The molecular formula is C5H10Cl2Si. The summed E-state index contributed by atoms with van der Waals surface area (Å²) in [5.74, 6) is 0.520. The van der Waals surface area contributed by atoms with Crippen molar-refractivity contribution in [2.75, 3.05) is 0 Å². The summed E-state index contributed by atoms with van der Waals surface area (Å²) in [6.07, 6.45) is 0. The minimum absolute atomic E-state index is 0.465. The van der Waals surface area contributed by atoms with Gasteiger partial charge in [0.1, 0.15) is 4.49 Å². The number of allylic oxidation sites excluding steroid dienone is 1. The summed E-state index contributed by atoms with van der Waals surface area (Å²) in [6.45, 7) is 4.18. The molecule has 0 aromatic carbocycles. The summed E-state index contributed by atoms with van der Waals surface area (Å²) in [5.41, 5.74) is 0. The van der Waals surface area contributed by atoms with Crippen molar-refractivity contribution in [3.63, 3.8) is 0 Å². The molecule has 0 spiro atoms. The number of hydrogen-bond donors (Lipinski definition) is 0. The maximum absolute atomic E-state index is 5.50. The van der Waals surface area contributed by atoms with Crippen molar-refractivity contribution in [3.8, 4) is 0 Å². The van der Waals surface area contributed by atoms with Crippen molar-refractivity contribution < 1.29 is 0 Å².